The number of hydrogen-bond donors (Lipinski definition) is 1. The molecule has 2 aliphatic rings. The molecule has 2 aliphatic heterocycles. The molecular formula is C26H29N3O2. The topological polar surface area (TPSA) is 54.5 Å². The summed E-state index contributed by atoms with van der Waals surface area (Å²) in [4.78, 5) is 20.5. The van der Waals surface area contributed by atoms with Crippen molar-refractivity contribution in [1.82, 2.24) is 4.98 Å². The van der Waals surface area contributed by atoms with Gasteiger partial charge >= 0.3 is 0 Å². The first-order valence-electron chi connectivity index (χ1n) is 11.3. The van der Waals surface area contributed by atoms with E-state index in [0.717, 1.165) is 35.1 Å². The Morgan fingerprint density at radius 1 is 0.935 bits per heavy atom. The van der Waals surface area contributed by atoms with Crippen molar-refractivity contribution in [2.75, 3.05) is 36.5 Å². The van der Waals surface area contributed by atoms with Crippen molar-refractivity contribution in [2.24, 2.45) is 0 Å². The number of rotatable bonds is 4. The SMILES string of the molecule is O=C(Nc1ccc(N2CCCCC2)c2ccncc12)C1(c2ccccc2)CCOCC1. The smallest absolute Gasteiger partial charge is 0.235 e. The summed E-state index contributed by atoms with van der Waals surface area (Å²) >= 11 is 0. The van der Waals surface area contributed by atoms with Gasteiger partial charge in [-0.1, -0.05) is 30.3 Å². The number of fused-ring (bicyclic) bond motifs is 1. The van der Waals surface area contributed by atoms with Gasteiger partial charge in [0.15, 0.2) is 0 Å². The van der Waals surface area contributed by atoms with Gasteiger partial charge in [-0.15, -0.1) is 0 Å². The lowest BCUT2D eigenvalue weighted by Gasteiger charge is -2.36. The van der Waals surface area contributed by atoms with Crippen LogP contribution in [-0.4, -0.2) is 37.2 Å². The first-order chi connectivity index (χ1) is 15.3. The summed E-state index contributed by atoms with van der Waals surface area (Å²) in [6.45, 7) is 3.36. The van der Waals surface area contributed by atoms with Gasteiger partial charge in [0, 0.05) is 55.2 Å². The zero-order valence-corrected chi connectivity index (χ0v) is 17.8. The Balaban J connectivity index is 1.50. The average Bonchev–Trinajstić information content (AvgIpc) is 2.85. The number of pyridine rings is 1. The molecule has 0 spiro atoms. The number of hydrogen-bond acceptors (Lipinski definition) is 4. The molecule has 0 unspecified atom stereocenters. The van der Waals surface area contributed by atoms with E-state index in [9.17, 15) is 4.79 Å². The third-order valence-corrected chi connectivity index (χ3v) is 6.85. The highest BCUT2D eigenvalue weighted by Crippen LogP contribution is 2.38. The van der Waals surface area contributed by atoms with Crippen LogP contribution >= 0.6 is 0 Å². The summed E-state index contributed by atoms with van der Waals surface area (Å²) < 4.78 is 5.60. The fourth-order valence-electron chi connectivity index (χ4n) is 5.06. The number of benzene rings is 2. The first kappa shape index (κ1) is 20.0. The van der Waals surface area contributed by atoms with Gasteiger partial charge in [0.25, 0.3) is 0 Å². The number of carbonyl (C=O) groups is 1. The molecule has 1 amide bonds. The van der Waals surface area contributed by atoms with Gasteiger partial charge in [-0.25, -0.2) is 0 Å². The Kier molecular flexibility index (Phi) is 5.60. The summed E-state index contributed by atoms with van der Waals surface area (Å²) in [5.74, 6) is 0.0397. The molecule has 2 aromatic carbocycles. The lowest BCUT2D eigenvalue weighted by Crippen LogP contribution is -2.44. The fourth-order valence-corrected chi connectivity index (χ4v) is 5.06. The maximum atomic E-state index is 13.7. The van der Waals surface area contributed by atoms with Crippen LogP contribution in [0.3, 0.4) is 0 Å². The van der Waals surface area contributed by atoms with Crippen molar-refractivity contribution in [3.8, 4) is 0 Å². The van der Waals surface area contributed by atoms with E-state index in [0.29, 0.717) is 26.1 Å². The minimum Gasteiger partial charge on any atom is -0.381 e. The van der Waals surface area contributed by atoms with Crippen molar-refractivity contribution in [1.29, 1.82) is 0 Å². The fraction of sp³-hybridized carbons (Fsp3) is 0.385. The van der Waals surface area contributed by atoms with E-state index in [1.54, 1.807) is 0 Å². The van der Waals surface area contributed by atoms with E-state index in [-0.39, 0.29) is 5.91 Å². The molecule has 5 heteroatoms. The van der Waals surface area contributed by atoms with Crippen LogP contribution in [0.2, 0.25) is 0 Å². The Morgan fingerprint density at radius 2 is 1.71 bits per heavy atom. The minimum absolute atomic E-state index is 0.0397. The molecule has 5 rings (SSSR count). The van der Waals surface area contributed by atoms with Crippen LogP contribution in [0.5, 0.6) is 0 Å². The predicted octanol–water partition coefficient (Wildman–Crippen LogP) is 4.91. The Labute approximate surface area is 183 Å². The van der Waals surface area contributed by atoms with Gasteiger partial charge in [-0.3, -0.25) is 9.78 Å². The Hall–Kier alpha value is -2.92. The highest BCUT2D eigenvalue weighted by molar-refractivity contribution is 6.08. The number of amides is 1. The van der Waals surface area contributed by atoms with Crippen LogP contribution in [0.25, 0.3) is 10.8 Å². The van der Waals surface area contributed by atoms with Gasteiger partial charge < -0.3 is 15.0 Å². The summed E-state index contributed by atoms with van der Waals surface area (Å²) in [5, 5.41) is 5.41. The summed E-state index contributed by atoms with van der Waals surface area (Å²) in [7, 11) is 0. The molecule has 160 valence electrons. The van der Waals surface area contributed by atoms with E-state index in [4.69, 9.17) is 4.74 Å². The monoisotopic (exact) mass is 415 g/mol. The highest BCUT2D eigenvalue weighted by atomic mass is 16.5. The number of nitrogens with zero attached hydrogens (tertiary/aromatic N) is 2. The lowest BCUT2D eigenvalue weighted by molar-refractivity contribution is -0.125. The largest absolute Gasteiger partial charge is 0.381 e. The third kappa shape index (κ3) is 3.79. The molecule has 31 heavy (non-hydrogen) atoms. The van der Waals surface area contributed by atoms with E-state index < -0.39 is 5.41 Å². The Bertz CT molecular complexity index is 1050. The quantitative estimate of drug-likeness (QED) is 0.658. The molecular weight excluding hydrogens is 386 g/mol. The molecule has 1 aromatic heterocycles. The molecule has 0 radical (unpaired) electrons. The summed E-state index contributed by atoms with van der Waals surface area (Å²) in [6.07, 6.45) is 8.84. The van der Waals surface area contributed by atoms with Crippen LogP contribution in [0.4, 0.5) is 11.4 Å². The number of nitrogens with one attached hydrogen (secondary N) is 1. The van der Waals surface area contributed by atoms with Crippen LogP contribution in [0.15, 0.2) is 60.9 Å². The standard InChI is InChI=1S/C26H29N3O2/c30-25(26(12-17-31-18-13-26)20-7-3-1-4-8-20)28-23-9-10-24(29-15-5-2-6-16-29)21-11-14-27-19-22(21)23/h1,3-4,7-11,14,19H,2,5-6,12-13,15-18H2,(H,28,30). The maximum Gasteiger partial charge on any atom is 0.235 e. The van der Waals surface area contributed by atoms with Crippen LogP contribution in [0.1, 0.15) is 37.7 Å². The van der Waals surface area contributed by atoms with Gasteiger partial charge in [0.2, 0.25) is 5.91 Å². The van der Waals surface area contributed by atoms with Crippen LogP contribution in [-0.2, 0) is 14.9 Å². The lowest BCUT2D eigenvalue weighted by atomic mass is 9.73. The molecule has 3 heterocycles. The maximum absolute atomic E-state index is 13.7. The zero-order chi connectivity index (χ0) is 21.1. The van der Waals surface area contributed by atoms with Crippen molar-refractivity contribution < 1.29 is 9.53 Å². The number of piperidine rings is 1. The van der Waals surface area contributed by atoms with E-state index in [2.05, 4.69) is 39.5 Å². The van der Waals surface area contributed by atoms with Gasteiger partial charge in [0.05, 0.1) is 11.1 Å². The van der Waals surface area contributed by atoms with Crippen molar-refractivity contribution in [3.05, 3.63) is 66.5 Å². The molecule has 2 saturated heterocycles. The number of ether oxygens (including phenoxy) is 1. The van der Waals surface area contributed by atoms with Gasteiger partial charge in [-0.2, -0.15) is 0 Å². The molecule has 3 aromatic rings. The molecule has 0 atom stereocenters. The van der Waals surface area contributed by atoms with Gasteiger partial charge in [-0.05, 0) is 55.9 Å². The molecule has 5 nitrogen and oxygen atoms in total. The zero-order valence-electron chi connectivity index (χ0n) is 17.8. The second-order valence-corrected chi connectivity index (χ2v) is 8.62. The average molecular weight is 416 g/mol. The Morgan fingerprint density at radius 3 is 2.48 bits per heavy atom. The second-order valence-electron chi connectivity index (χ2n) is 8.62. The number of carbonyl (C=O) groups excluding carboxylic acids is 1. The molecule has 1 N–H and O–H groups in total. The normalized spacial score (nSPS) is 18.6. The van der Waals surface area contributed by atoms with Crippen LogP contribution < -0.4 is 10.2 Å². The van der Waals surface area contributed by atoms with E-state index in [1.807, 2.05) is 36.7 Å². The van der Waals surface area contributed by atoms with Crippen LogP contribution in [0, 0.1) is 0 Å². The highest BCUT2D eigenvalue weighted by Gasteiger charge is 2.41. The summed E-state index contributed by atoms with van der Waals surface area (Å²) in [5.41, 5.74) is 2.55. The molecule has 0 aliphatic carbocycles. The second kappa shape index (κ2) is 8.67. The molecule has 0 saturated carbocycles. The minimum atomic E-state index is -0.570. The van der Waals surface area contributed by atoms with E-state index >= 15 is 0 Å². The molecule has 0 bridgehead atoms. The van der Waals surface area contributed by atoms with Crippen molar-refractivity contribution in [2.45, 2.75) is 37.5 Å². The van der Waals surface area contributed by atoms with Crippen molar-refractivity contribution >= 4 is 28.1 Å². The number of aromatic nitrogens is 1. The number of anilines is 2. The van der Waals surface area contributed by atoms with Gasteiger partial charge in [0.1, 0.15) is 0 Å². The van der Waals surface area contributed by atoms with E-state index in [1.165, 1.54) is 24.9 Å². The van der Waals surface area contributed by atoms with Crippen molar-refractivity contribution in [3.63, 3.8) is 0 Å². The summed E-state index contributed by atoms with van der Waals surface area (Å²) in [6, 6.07) is 16.4. The predicted molar refractivity (Wildman–Crippen MR) is 125 cm³/mol. The molecule has 2 fully saturated rings. The first-order valence-corrected chi connectivity index (χ1v) is 11.3. The third-order valence-electron chi connectivity index (χ3n) is 6.85.